The lowest BCUT2D eigenvalue weighted by Gasteiger charge is -2.10. The Bertz CT molecular complexity index is 136. The molecule has 0 aromatic rings. The summed E-state index contributed by atoms with van der Waals surface area (Å²) in [5.41, 5.74) is 0. The molecular formula is C8H16O5. The maximum atomic E-state index is 10.3. The lowest BCUT2D eigenvalue weighted by molar-refractivity contribution is -0.175. The van der Waals surface area contributed by atoms with Gasteiger partial charge in [0.2, 0.25) is 6.29 Å². The Kier molecular flexibility index (Phi) is 7.57. The normalized spacial score (nSPS) is 12.5. The molecule has 1 atom stereocenters. The molecule has 0 aliphatic heterocycles. The summed E-state index contributed by atoms with van der Waals surface area (Å²) < 4.78 is 14.3. The van der Waals surface area contributed by atoms with Crippen molar-refractivity contribution in [2.24, 2.45) is 0 Å². The predicted octanol–water partition coefficient (Wildman–Crippen LogP) is -0.0790. The molecule has 5 nitrogen and oxygen atoms in total. The maximum Gasteiger partial charge on any atom is 0.305 e. The molecule has 0 heterocycles. The van der Waals surface area contributed by atoms with Gasteiger partial charge in [0, 0.05) is 13.5 Å². The summed E-state index contributed by atoms with van der Waals surface area (Å²) in [6, 6.07) is 0. The third-order valence-corrected chi connectivity index (χ3v) is 1.14. The van der Waals surface area contributed by atoms with Crippen LogP contribution in [0.4, 0.5) is 0 Å². The van der Waals surface area contributed by atoms with E-state index in [2.05, 4.69) is 4.74 Å². The first-order chi connectivity index (χ1) is 6.16. The van der Waals surface area contributed by atoms with Crippen LogP contribution in [0, 0.1) is 0 Å². The van der Waals surface area contributed by atoms with Crippen LogP contribution in [0.1, 0.15) is 13.8 Å². The average molecular weight is 192 g/mol. The lowest BCUT2D eigenvalue weighted by atomic mass is 10.6. The van der Waals surface area contributed by atoms with Gasteiger partial charge in [0.25, 0.3) is 0 Å². The second kappa shape index (κ2) is 7.97. The molecule has 0 saturated carbocycles. The first-order valence-corrected chi connectivity index (χ1v) is 4.17. The third-order valence-electron chi connectivity index (χ3n) is 1.14. The fourth-order valence-corrected chi connectivity index (χ4v) is 0.672. The highest BCUT2D eigenvalue weighted by molar-refractivity contribution is 5.65. The van der Waals surface area contributed by atoms with Crippen LogP contribution in [0.3, 0.4) is 0 Å². The molecule has 0 aromatic heterocycles. The fourth-order valence-electron chi connectivity index (χ4n) is 0.672. The van der Waals surface area contributed by atoms with Gasteiger partial charge in [0.15, 0.2) is 0 Å². The molecule has 0 bridgehead atoms. The molecule has 0 amide bonds. The van der Waals surface area contributed by atoms with E-state index in [1.807, 2.05) is 6.92 Å². The van der Waals surface area contributed by atoms with Gasteiger partial charge in [-0.05, 0) is 6.92 Å². The van der Waals surface area contributed by atoms with Gasteiger partial charge in [-0.2, -0.15) is 0 Å². The van der Waals surface area contributed by atoms with Crippen LogP contribution in [0.5, 0.6) is 0 Å². The van der Waals surface area contributed by atoms with E-state index >= 15 is 0 Å². The predicted molar refractivity (Wildman–Crippen MR) is 45.1 cm³/mol. The Hall–Kier alpha value is -0.650. The van der Waals surface area contributed by atoms with Crippen LogP contribution in [0.15, 0.2) is 0 Å². The van der Waals surface area contributed by atoms with Crippen LogP contribution in [0.25, 0.3) is 0 Å². The van der Waals surface area contributed by atoms with E-state index in [1.165, 1.54) is 6.92 Å². The highest BCUT2D eigenvalue weighted by atomic mass is 16.7. The summed E-state index contributed by atoms with van der Waals surface area (Å²) in [4.78, 5) is 10.3. The summed E-state index contributed by atoms with van der Waals surface area (Å²) in [5.74, 6) is -0.527. The molecule has 0 aliphatic rings. The molecule has 5 heteroatoms. The molecular weight excluding hydrogens is 176 g/mol. The largest absolute Gasteiger partial charge is 0.434 e. The molecule has 0 rings (SSSR count). The van der Waals surface area contributed by atoms with Crippen molar-refractivity contribution >= 4 is 5.97 Å². The first kappa shape index (κ1) is 12.3. The quantitative estimate of drug-likeness (QED) is 0.347. The number of ether oxygens (including phenoxy) is 3. The number of rotatable bonds is 7. The highest BCUT2D eigenvalue weighted by Crippen LogP contribution is 1.89. The summed E-state index contributed by atoms with van der Waals surface area (Å²) in [5, 5.41) is 8.97. The smallest absolute Gasteiger partial charge is 0.305 e. The molecule has 0 saturated heterocycles. The van der Waals surface area contributed by atoms with Crippen LogP contribution < -0.4 is 0 Å². The number of carbonyl (C=O) groups is 1. The summed E-state index contributed by atoms with van der Waals surface area (Å²) in [6.45, 7) is 4.58. The fraction of sp³-hybridized carbons (Fsp3) is 0.875. The van der Waals surface area contributed by atoms with Crippen LogP contribution in [-0.4, -0.2) is 43.8 Å². The monoisotopic (exact) mass is 192 g/mol. The molecule has 78 valence electrons. The van der Waals surface area contributed by atoms with E-state index in [0.29, 0.717) is 19.8 Å². The van der Waals surface area contributed by atoms with Crippen molar-refractivity contribution < 1.29 is 24.1 Å². The minimum Gasteiger partial charge on any atom is -0.434 e. The lowest BCUT2D eigenvalue weighted by Crippen LogP contribution is -2.22. The Labute approximate surface area is 77.6 Å². The zero-order valence-electron chi connectivity index (χ0n) is 7.99. The zero-order chi connectivity index (χ0) is 10.1. The molecule has 0 spiro atoms. The minimum absolute atomic E-state index is 0.0212. The second-order valence-electron chi connectivity index (χ2n) is 2.34. The van der Waals surface area contributed by atoms with E-state index in [-0.39, 0.29) is 6.61 Å². The molecule has 0 aromatic carbocycles. The van der Waals surface area contributed by atoms with Gasteiger partial charge in [-0.25, -0.2) is 0 Å². The van der Waals surface area contributed by atoms with Gasteiger partial charge in [-0.1, -0.05) is 0 Å². The molecule has 13 heavy (non-hydrogen) atoms. The van der Waals surface area contributed by atoms with Crippen molar-refractivity contribution in [3.63, 3.8) is 0 Å². The Morgan fingerprint density at radius 1 is 1.38 bits per heavy atom. The van der Waals surface area contributed by atoms with Crippen molar-refractivity contribution in [3.05, 3.63) is 0 Å². The van der Waals surface area contributed by atoms with Gasteiger partial charge >= 0.3 is 5.97 Å². The number of hydrogen-bond acceptors (Lipinski definition) is 5. The SMILES string of the molecule is CCOCCOCC(O)OC(C)=O. The minimum atomic E-state index is -1.18. The van der Waals surface area contributed by atoms with Crippen molar-refractivity contribution in [2.75, 3.05) is 26.4 Å². The van der Waals surface area contributed by atoms with E-state index < -0.39 is 12.3 Å². The van der Waals surface area contributed by atoms with E-state index in [9.17, 15) is 4.79 Å². The van der Waals surface area contributed by atoms with Crippen LogP contribution in [0.2, 0.25) is 0 Å². The Morgan fingerprint density at radius 2 is 2.00 bits per heavy atom. The van der Waals surface area contributed by atoms with Crippen molar-refractivity contribution in [1.29, 1.82) is 0 Å². The van der Waals surface area contributed by atoms with Crippen LogP contribution in [-0.2, 0) is 19.0 Å². The number of aliphatic hydroxyl groups is 1. The molecule has 0 fully saturated rings. The highest BCUT2D eigenvalue weighted by Gasteiger charge is 2.06. The molecule has 0 aliphatic carbocycles. The molecule has 0 radical (unpaired) electrons. The molecule has 1 unspecified atom stereocenters. The standard InChI is InChI=1S/C8H16O5/c1-3-11-4-5-12-6-8(10)13-7(2)9/h8,10H,3-6H2,1-2H3. The Balaban J connectivity index is 3.17. The van der Waals surface area contributed by atoms with Crippen molar-refractivity contribution in [3.8, 4) is 0 Å². The summed E-state index contributed by atoms with van der Waals surface area (Å²) in [6.07, 6.45) is -1.18. The molecule has 1 N–H and O–H groups in total. The van der Waals surface area contributed by atoms with Gasteiger partial charge in [0.05, 0.1) is 13.2 Å². The van der Waals surface area contributed by atoms with E-state index in [0.717, 1.165) is 0 Å². The maximum absolute atomic E-state index is 10.3. The number of carbonyl (C=O) groups excluding carboxylic acids is 1. The average Bonchev–Trinajstić information content (AvgIpc) is 2.02. The summed E-state index contributed by atoms with van der Waals surface area (Å²) in [7, 11) is 0. The topological polar surface area (TPSA) is 65.0 Å². The number of hydrogen-bond donors (Lipinski definition) is 1. The van der Waals surface area contributed by atoms with Crippen molar-refractivity contribution in [1.82, 2.24) is 0 Å². The zero-order valence-corrected chi connectivity index (χ0v) is 7.99. The van der Waals surface area contributed by atoms with E-state index in [4.69, 9.17) is 14.6 Å². The number of esters is 1. The van der Waals surface area contributed by atoms with Gasteiger partial charge in [-0.3, -0.25) is 4.79 Å². The first-order valence-electron chi connectivity index (χ1n) is 4.17. The van der Waals surface area contributed by atoms with Crippen molar-refractivity contribution in [2.45, 2.75) is 20.1 Å². The second-order valence-corrected chi connectivity index (χ2v) is 2.34. The van der Waals surface area contributed by atoms with E-state index in [1.54, 1.807) is 0 Å². The van der Waals surface area contributed by atoms with Gasteiger partial charge in [0.1, 0.15) is 6.61 Å². The summed E-state index contributed by atoms with van der Waals surface area (Å²) >= 11 is 0. The van der Waals surface area contributed by atoms with Crippen LogP contribution >= 0.6 is 0 Å². The van der Waals surface area contributed by atoms with Gasteiger partial charge in [-0.15, -0.1) is 0 Å². The number of aliphatic hydroxyl groups excluding tert-OH is 1. The van der Waals surface area contributed by atoms with Gasteiger partial charge < -0.3 is 19.3 Å². The third kappa shape index (κ3) is 9.26. The Morgan fingerprint density at radius 3 is 2.54 bits per heavy atom.